The van der Waals surface area contributed by atoms with Crippen molar-refractivity contribution in [1.29, 1.82) is 0 Å². The van der Waals surface area contributed by atoms with Crippen molar-refractivity contribution in [1.82, 2.24) is 4.98 Å². The molecule has 1 aromatic heterocycles. The van der Waals surface area contributed by atoms with Crippen molar-refractivity contribution in [3.63, 3.8) is 0 Å². The summed E-state index contributed by atoms with van der Waals surface area (Å²) in [5.41, 5.74) is 1.11. The quantitative estimate of drug-likeness (QED) is 0.624. The van der Waals surface area contributed by atoms with Crippen LogP contribution in [0.1, 0.15) is 19.4 Å². The SMILES string of the molecule is CC.Cc1cc(Cl)ncc1Br. The van der Waals surface area contributed by atoms with Gasteiger partial charge < -0.3 is 0 Å². The Balaban J connectivity index is 0.000000461. The molecule has 0 amide bonds. The predicted octanol–water partition coefficient (Wildman–Crippen LogP) is 3.83. The molecule has 0 aromatic carbocycles. The van der Waals surface area contributed by atoms with Crippen LogP contribution in [-0.4, -0.2) is 4.98 Å². The molecule has 1 heterocycles. The maximum atomic E-state index is 5.58. The maximum absolute atomic E-state index is 5.58. The third-order valence-corrected chi connectivity index (χ3v) is 2.05. The fraction of sp³-hybridized carbons (Fsp3) is 0.375. The lowest BCUT2D eigenvalue weighted by atomic mass is 10.3. The Morgan fingerprint density at radius 2 is 2.00 bits per heavy atom. The molecule has 0 atom stereocenters. The smallest absolute Gasteiger partial charge is 0.129 e. The van der Waals surface area contributed by atoms with Crippen LogP contribution in [0.5, 0.6) is 0 Å². The zero-order chi connectivity index (χ0) is 8.85. The second-order valence-corrected chi connectivity index (χ2v) is 3.00. The number of nitrogens with zero attached hydrogens (tertiary/aromatic N) is 1. The molecule has 62 valence electrons. The first kappa shape index (κ1) is 10.9. The van der Waals surface area contributed by atoms with Gasteiger partial charge in [-0.3, -0.25) is 0 Å². The van der Waals surface area contributed by atoms with Crippen molar-refractivity contribution in [3.05, 3.63) is 27.5 Å². The van der Waals surface area contributed by atoms with Crippen molar-refractivity contribution in [2.24, 2.45) is 0 Å². The molecule has 0 radical (unpaired) electrons. The minimum atomic E-state index is 0.538. The van der Waals surface area contributed by atoms with Gasteiger partial charge in [-0.1, -0.05) is 25.4 Å². The van der Waals surface area contributed by atoms with Gasteiger partial charge in [-0.2, -0.15) is 0 Å². The molecule has 1 nitrogen and oxygen atoms in total. The molecule has 0 aliphatic rings. The number of hydrogen-bond acceptors (Lipinski definition) is 1. The van der Waals surface area contributed by atoms with Crippen molar-refractivity contribution >= 4 is 27.5 Å². The van der Waals surface area contributed by atoms with Gasteiger partial charge in [0.1, 0.15) is 5.15 Å². The number of halogens is 2. The van der Waals surface area contributed by atoms with E-state index in [-0.39, 0.29) is 0 Å². The van der Waals surface area contributed by atoms with Crippen molar-refractivity contribution in [2.75, 3.05) is 0 Å². The molecular formula is C8H11BrClN. The zero-order valence-electron chi connectivity index (χ0n) is 6.86. The molecule has 0 saturated heterocycles. The summed E-state index contributed by atoms with van der Waals surface area (Å²) in [6, 6.07) is 1.81. The molecule has 0 N–H and O–H groups in total. The lowest BCUT2D eigenvalue weighted by Gasteiger charge is -1.94. The molecule has 0 aliphatic heterocycles. The Morgan fingerprint density at radius 3 is 2.36 bits per heavy atom. The Morgan fingerprint density at radius 1 is 1.45 bits per heavy atom. The molecule has 1 aromatic rings. The average molecular weight is 237 g/mol. The average Bonchev–Trinajstić information content (AvgIpc) is 2.02. The second kappa shape index (κ2) is 5.56. The number of aromatic nitrogens is 1. The highest BCUT2D eigenvalue weighted by atomic mass is 79.9. The van der Waals surface area contributed by atoms with Crippen molar-refractivity contribution in [3.8, 4) is 0 Å². The Bertz CT molecular complexity index is 225. The van der Waals surface area contributed by atoms with E-state index in [2.05, 4.69) is 20.9 Å². The van der Waals surface area contributed by atoms with Crippen LogP contribution >= 0.6 is 27.5 Å². The van der Waals surface area contributed by atoms with Crippen LogP contribution < -0.4 is 0 Å². The van der Waals surface area contributed by atoms with Gasteiger partial charge in [0.15, 0.2) is 0 Å². The van der Waals surface area contributed by atoms with E-state index >= 15 is 0 Å². The highest BCUT2D eigenvalue weighted by molar-refractivity contribution is 9.10. The van der Waals surface area contributed by atoms with E-state index in [0.717, 1.165) is 10.0 Å². The number of rotatable bonds is 0. The van der Waals surface area contributed by atoms with Crippen LogP contribution in [0, 0.1) is 6.92 Å². The molecule has 1 rings (SSSR count). The predicted molar refractivity (Wildman–Crippen MR) is 53.0 cm³/mol. The lowest BCUT2D eigenvalue weighted by Crippen LogP contribution is -1.78. The molecule has 3 heteroatoms. The van der Waals surface area contributed by atoms with Crippen molar-refractivity contribution in [2.45, 2.75) is 20.8 Å². The third-order valence-electron chi connectivity index (χ3n) is 1.01. The van der Waals surface area contributed by atoms with Crippen LogP contribution in [0.2, 0.25) is 5.15 Å². The highest BCUT2D eigenvalue weighted by Crippen LogP contribution is 2.16. The monoisotopic (exact) mass is 235 g/mol. The summed E-state index contributed by atoms with van der Waals surface area (Å²) >= 11 is 8.89. The van der Waals surface area contributed by atoms with Gasteiger partial charge >= 0.3 is 0 Å². The first-order chi connectivity index (χ1) is 5.20. The summed E-state index contributed by atoms with van der Waals surface area (Å²) in [7, 11) is 0. The molecule has 11 heavy (non-hydrogen) atoms. The number of pyridine rings is 1. The summed E-state index contributed by atoms with van der Waals surface area (Å²) in [6.07, 6.45) is 1.69. The van der Waals surface area contributed by atoms with Crippen LogP contribution in [0.4, 0.5) is 0 Å². The standard InChI is InChI=1S/C6H5BrClN.C2H6/c1-4-2-6(8)9-3-5(4)7;1-2/h2-3H,1H3;1-2H3. The summed E-state index contributed by atoms with van der Waals surface area (Å²) < 4.78 is 0.993. The van der Waals surface area contributed by atoms with Crippen LogP contribution in [0.3, 0.4) is 0 Å². The van der Waals surface area contributed by atoms with E-state index < -0.39 is 0 Å². The van der Waals surface area contributed by atoms with E-state index in [4.69, 9.17) is 11.6 Å². The Kier molecular flexibility index (Phi) is 5.51. The summed E-state index contributed by atoms with van der Waals surface area (Å²) in [5, 5.41) is 0.538. The molecule has 0 saturated carbocycles. The minimum absolute atomic E-state index is 0.538. The molecule has 0 spiro atoms. The maximum Gasteiger partial charge on any atom is 0.129 e. The van der Waals surface area contributed by atoms with Gasteiger partial charge in [-0.15, -0.1) is 0 Å². The highest BCUT2D eigenvalue weighted by Gasteiger charge is 1.93. The number of hydrogen-bond donors (Lipinski definition) is 0. The van der Waals surface area contributed by atoms with Gasteiger partial charge in [-0.25, -0.2) is 4.98 Å². The van der Waals surface area contributed by atoms with E-state index in [9.17, 15) is 0 Å². The van der Waals surface area contributed by atoms with Gasteiger partial charge in [0, 0.05) is 10.7 Å². The fourth-order valence-electron chi connectivity index (χ4n) is 0.505. The van der Waals surface area contributed by atoms with Crippen molar-refractivity contribution < 1.29 is 0 Å². The van der Waals surface area contributed by atoms with E-state index in [1.807, 2.05) is 26.8 Å². The molecule has 0 unspecified atom stereocenters. The Hall–Kier alpha value is -0.0800. The topological polar surface area (TPSA) is 12.9 Å². The van der Waals surface area contributed by atoms with Gasteiger partial charge in [0.05, 0.1) is 0 Å². The van der Waals surface area contributed by atoms with E-state index in [1.165, 1.54) is 0 Å². The van der Waals surface area contributed by atoms with Gasteiger partial charge in [0.2, 0.25) is 0 Å². The largest absolute Gasteiger partial charge is 0.243 e. The van der Waals surface area contributed by atoms with Gasteiger partial charge in [-0.05, 0) is 34.5 Å². The Labute approximate surface area is 80.9 Å². The molecule has 0 fully saturated rings. The van der Waals surface area contributed by atoms with Crippen LogP contribution in [0.25, 0.3) is 0 Å². The summed E-state index contributed by atoms with van der Waals surface area (Å²) in [4.78, 5) is 3.86. The normalized spacial score (nSPS) is 8.45. The van der Waals surface area contributed by atoms with E-state index in [1.54, 1.807) is 6.20 Å². The molecular weight excluding hydrogens is 225 g/mol. The molecule has 0 aliphatic carbocycles. The van der Waals surface area contributed by atoms with Crippen LogP contribution in [-0.2, 0) is 0 Å². The summed E-state index contributed by atoms with van der Waals surface area (Å²) in [6.45, 7) is 5.97. The van der Waals surface area contributed by atoms with Gasteiger partial charge in [0.25, 0.3) is 0 Å². The minimum Gasteiger partial charge on any atom is -0.243 e. The van der Waals surface area contributed by atoms with Crippen LogP contribution in [0.15, 0.2) is 16.7 Å². The zero-order valence-corrected chi connectivity index (χ0v) is 9.20. The first-order valence-corrected chi connectivity index (χ1v) is 4.65. The van der Waals surface area contributed by atoms with E-state index in [0.29, 0.717) is 5.15 Å². The first-order valence-electron chi connectivity index (χ1n) is 3.48. The lowest BCUT2D eigenvalue weighted by molar-refractivity contribution is 1.26. The number of aryl methyl sites for hydroxylation is 1. The third kappa shape index (κ3) is 3.73. The summed E-state index contributed by atoms with van der Waals surface area (Å²) in [5.74, 6) is 0. The fourth-order valence-corrected chi connectivity index (χ4v) is 0.934. The second-order valence-electron chi connectivity index (χ2n) is 1.76. The molecule has 0 bridgehead atoms.